The third kappa shape index (κ3) is 9.46. The van der Waals surface area contributed by atoms with Crippen molar-refractivity contribution in [1.82, 2.24) is 0 Å². The number of benzene rings is 3. The number of hydrogen-bond acceptors (Lipinski definition) is 5. The molecule has 42 heavy (non-hydrogen) atoms. The van der Waals surface area contributed by atoms with E-state index < -0.39 is 11.9 Å². The molecule has 0 unspecified atom stereocenters. The van der Waals surface area contributed by atoms with Gasteiger partial charge in [-0.2, -0.15) is 5.26 Å². The van der Waals surface area contributed by atoms with Gasteiger partial charge in [0.15, 0.2) is 0 Å². The summed E-state index contributed by atoms with van der Waals surface area (Å²) in [5, 5.41) is 9.00. The normalized spacial score (nSPS) is 16.4. The molecule has 0 spiro atoms. The molecular weight excluding hydrogens is 546 g/mol. The van der Waals surface area contributed by atoms with E-state index in [0.29, 0.717) is 16.9 Å². The van der Waals surface area contributed by atoms with E-state index in [9.17, 15) is 9.59 Å². The lowest BCUT2D eigenvalue weighted by Gasteiger charge is -2.28. The largest absolute Gasteiger partial charge is 0.423 e. The van der Waals surface area contributed by atoms with Gasteiger partial charge in [-0.1, -0.05) is 94.9 Å². The molecule has 1 aliphatic rings. The van der Waals surface area contributed by atoms with E-state index in [0.717, 1.165) is 18.3 Å². The van der Waals surface area contributed by atoms with Gasteiger partial charge in [0, 0.05) is 6.07 Å². The second-order valence-corrected chi connectivity index (χ2v) is 11.8. The SMILES string of the molecule is CCCCCCCC1CCC(CCc2ccc(C(=O)Oc3ccc(C(=O)Oc4ccc(C#N)cc4)c(Cl)c3)cc2)CC1. The van der Waals surface area contributed by atoms with Gasteiger partial charge in [0.1, 0.15) is 11.5 Å². The first kappa shape index (κ1) is 31.3. The lowest BCUT2D eigenvalue weighted by atomic mass is 9.77. The summed E-state index contributed by atoms with van der Waals surface area (Å²) in [6.07, 6.45) is 16.0. The van der Waals surface area contributed by atoms with Crippen LogP contribution < -0.4 is 9.47 Å². The minimum absolute atomic E-state index is 0.107. The van der Waals surface area contributed by atoms with Gasteiger partial charge in [-0.05, 0) is 78.8 Å². The number of aryl methyl sites for hydroxylation is 1. The van der Waals surface area contributed by atoms with Crippen LogP contribution in [0.25, 0.3) is 0 Å². The third-order valence-electron chi connectivity index (χ3n) is 8.28. The topological polar surface area (TPSA) is 76.4 Å². The van der Waals surface area contributed by atoms with Crippen molar-refractivity contribution in [2.75, 3.05) is 0 Å². The van der Waals surface area contributed by atoms with E-state index >= 15 is 0 Å². The van der Waals surface area contributed by atoms with Crippen LogP contribution in [0.1, 0.15) is 109 Å². The number of hydrogen-bond donors (Lipinski definition) is 0. The van der Waals surface area contributed by atoms with Crippen molar-refractivity contribution in [3.63, 3.8) is 0 Å². The van der Waals surface area contributed by atoms with Crippen molar-refractivity contribution in [1.29, 1.82) is 5.26 Å². The number of esters is 2. The Morgan fingerprint density at radius 3 is 2.05 bits per heavy atom. The van der Waals surface area contributed by atoms with Gasteiger partial charge in [-0.15, -0.1) is 0 Å². The number of carbonyl (C=O) groups excluding carboxylic acids is 2. The van der Waals surface area contributed by atoms with Crippen LogP contribution in [0.4, 0.5) is 0 Å². The van der Waals surface area contributed by atoms with Gasteiger partial charge in [-0.25, -0.2) is 9.59 Å². The standard InChI is InChI=1S/C36H40ClNO4/c1-2-3-4-5-6-7-26-8-10-27(11-9-26)12-13-28-14-18-30(19-15-28)35(39)42-32-22-23-33(34(37)24-32)36(40)41-31-20-16-29(25-38)17-21-31/h14-24,26-27H,2-13H2,1H3. The molecule has 3 aromatic carbocycles. The molecule has 0 bridgehead atoms. The fourth-order valence-electron chi connectivity index (χ4n) is 5.67. The summed E-state index contributed by atoms with van der Waals surface area (Å²) in [4.78, 5) is 25.3. The quantitative estimate of drug-likeness (QED) is 0.113. The Bertz CT molecular complexity index is 1350. The summed E-state index contributed by atoms with van der Waals surface area (Å²) in [5.41, 5.74) is 2.29. The smallest absolute Gasteiger partial charge is 0.345 e. The molecule has 0 N–H and O–H groups in total. The Balaban J connectivity index is 1.20. The first-order chi connectivity index (χ1) is 20.4. The zero-order chi connectivity index (χ0) is 29.7. The first-order valence-electron chi connectivity index (χ1n) is 15.3. The molecule has 0 amide bonds. The van der Waals surface area contributed by atoms with Crippen LogP contribution in [-0.2, 0) is 6.42 Å². The first-order valence-corrected chi connectivity index (χ1v) is 15.7. The Kier molecular flexibility index (Phi) is 12.0. The molecule has 6 heteroatoms. The van der Waals surface area contributed by atoms with Crippen molar-refractivity contribution in [2.24, 2.45) is 11.8 Å². The number of ether oxygens (including phenoxy) is 2. The highest BCUT2D eigenvalue weighted by Gasteiger charge is 2.21. The third-order valence-corrected chi connectivity index (χ3v) is 8.59. The minimum Gasteiger partial charge on any atom is -0.423 e. The average Bonchev–Trinajstić information content (AvgIpc) is 3.01. The Hall–Kier alpha value is -3.62. The van der Waals surface area contributed by atoms with Crippen LogP contribution in [0.15, 0.2) is 66.7 Å². The maximum atomic E-state index is 12.7. The fourth-order valence-corrected chi connectivity index (χ4v) is 5.92. The predicted molar refractivity (Wildman–Crippen MR) is 166 cm³/mol. The van der Waals surface area contributed by atoms with Crippen LogP contribution >= 0.6 is 11.6 Å². The predicted octanol–water partition coefficient (Wildman–Crippen LogP) is 9.75. The highest BCUT2D eigenvalue weighted by molar-refractivity contribution is 6.33. The molecule has 0 aromatic heterocycles. The summed E-state index contributed by atoms with van der Waals surface area (Å²) >= 11 is 6.30. The van der Waals surface area contributed by atoms with Crippen LogP contribution in [0, 0.1) is 23.2 Å². The van der Waals surface area contributed by atoms with Crippen LogP contribution in [0.3, 0.4) is 0 Å². The molecule has 0 saturated heterocycles. The van der Waals surface area contributed by atoms with Crippen molar-refractivity contribution in [2.45, 2.75) is 84.0 Å². The van der Waals surface area contributed by atoms with Crippen LogP contribution in [0.5, 0.6) is 11.5 Å². The maximum absolute atomic E-state index is 12.7. The molecule has 3 aromatic rings. The number of nitriles is 1. The molecular formula is C36H40ClNO4. The molecule has 0 atom stereocenters. The van der Waals surface area contributed by atoms with Gasteiger partial charge in [0.05, 0.1) is 27.8 Å². The number of halogens is 1. The van der Waals surface area contributed by atoms with Crippen molar-refractivity contribution in [3.05, 3.63) is 94.0 Å². The second-order valence-electron chi connectivity index (χ2n) is 11.4. The molecule has 1 saturated carbocycles. The Labute approximate surface area is 254 Å². The molecule has 5 nitrogen and oxygen atoms in total. The molecule has 4 rings (SSSR count). The molecule has 1 aliphatic carbocycles. The summed E-state index contributed by atoms with van der Waals surface area (Å²) in [6.45, 7) is 2.27. The monoisotopic (exact) mass is 585 g/mol. The van der Waals surface area contributed by atoms with E-state index in [2.05, 4.69) is 6.92 Å². The number of carbonyl (C=O) groups is 2. The van der Waals surface area contributed by atoms with Gasteiger partial charge in [-0.3, -0.25) is 0 Å². The van der Waals surface area contributed by atoms with Gasteiger partial charge < -0.3 is 9.47 Å². The van der Waals surface area contributed by atoms with E-state index in [4.69, 9.17) is 26.3 Å². The van der Waals surface area contributed by atoms with Crippen molar-refractivity contribution >= 4 is 23.5 Å². The zero-order valence-corrected chi connectivity index (χ0v) is 25.2. The number of nitrogens with zero attached hydrogens (tertiary/aromatic N) is 1. The van der Waals surface area contributed by atoms with E-state index in [1.165, 1.54) is 107 Å². The zero-order valence-electron chi connectivity index (χ0n) is 24.4. The highest BCUT2D eigenvalue weighted by atomic mass is 35.5. The Morgan fingerprint density at radius 1 is 0.786 bits per heavy atom. The van der Waals surface area contributed by atoms with E-state index in [1.54, 1.807) is 24.3 Å². The average molecular weight is 586 g/mol. The molecule has 220 valence electrons. The van der Waals surface area contributed by atoms with Gasteiger partial charge in [0.2, 0.25) is 0 Å². The Morgan fingerprint density at radius 2 is 1.40 bits per heavy atom. The van der Waals surface area contributed by atoms with Crippen LogP contribution in [0.2, 0.25) is 5.02 Å². The summed E-state index contributed by atoms with van der Waals surface area (Å²) < 4.78 is 10.8. The second kappa shape index (κ2) is 16.1. The number of rotatable bonds is 13. The summed E-state index contributed by atoms with van der Waals surface area (Å²) in [6, 6.07) is 20.2. The molecule has 0 heterocycles. The molecule has 1 fully saturated rings. The molecule has 0 aliphatic heterocycles. The van der Waals surface area contributed by atoms with Crippen molar-refractivity contribution in [3.8, 4) is 17.6 Å². The highest BCUT2D eigenvalue weighted by Crippen LogP contribution is 2.34. The van der Waals surface area contributed by atoms with Gasteiger partial charge >= 0.3 is 11.9 Å². The lowest BCUT2D eigenvalue weighted by Crippen LogP contribution is -2.15. The minimum atomic E-state index is -0.649. The lowest BCUT2D eigenvalue weighted by molar-refractivity contribution is 0.0730. The van der Waals surface area contributed by atoms with E-state index in [-0.39, 0.29) is 16.3 Å². The van der Waals surface area contributed by atoms with Crippen molar-refractivity contribution < 1.29 is 19.1 Å². The van der Waals surface area contributed by atoms with Crippen LogP contribution in [-0.4, -0.2) is 11.9 Å². The summed E-state index contributed by atoms with van der Waals surface area (Å²) in [5.74, 6) is 1.13. The fraction of sp³-hybridized carbons (Fsp3) is 0.417. The number of unbranched alkanes of at least 4 members (excludes halogenated alkanes) is 4. The van der Waals surface area contributed by atoms with Gasteiger partial charge in [0.25, 0.3) is 0 Å². The summed E-state index contributed by atoms with van der Waals surface area (Å²) in [7, 11) is 0. The molecule has 0 radical (unpaired) electrons. The maximum Gasteiger partial charge on any atom is 0.345 e. The van der Waals surface area contributed by atoms with E-state index in [1.807, 2.05) is 18.2 Å².